The second-order valence-corrected chi connectivity index (χ2v) is 6.11. The highest BCUT2D eigenvalue weighted by molar-refractivity contribution is 6.10. The molecule has 1 atom stereocenters. The summed E-state index contributed by atoms with van der Waals surface area (Å²) in [4.78, 5) is 39.2. The van der Waals surface area contributed by atoms with Crippen molar-refractivity contribution in [3.63, 3.8) is 0 Å². The van der Waals surface area contributed by atoms with E-state index in [1.807, 2.05) is 18.2 Å². The molecule has 1 aliphatic rings. The quantitative estimate of drug-likeness (QED) is 0.769. The Labute approximate surface area is 149 Å². The summed E-state index contributed by atoms with van der Waals surface area (Å²) in [5.74, 6) is -0.858. The van der Waals surface area contributed by atoms with Crippen LogP contribution in [0.3, 0.4) is 0 Å². The third kappa shape index (κ3) is 2.47. The van der Waals surface area contributed by atoms with Crippen LogP contribution in [0.1, 0.15) is 16.1 Å². The summed E-state index contributed by atoms with van der Waals surface area (Å²) in [6.07, 6.45) is 0.416. The smallest absolute Gasteiger partial charge is 0.294 e. The number of benzene rings is 2. The van der Waals surface area contributed by atoms with Crippen LogP contribution in [0.4, 0.5) is 5.69 Å². The van der Waals surface area contributed by atoms with Gasteiger partial charge in [0.25, 0.3) is 5.91 Å². The maximum Gasteiger partial charge on any atom is 0.294 e. The van der Waals surface area contributed by atoms with E-state index < -0.39 is 11.9 Å². The van der Waals surface area contributed by atoms with E-state index in [0.29, 0.717) is 23.1 Å². The van der Waals surface area contributed by atoms with Crippen molar-refractivity contribution in [2.24, 2.45) is 0 Å². The largest absolute Gasteiger partial charge is 0.451 e. The molecule has 4 rings (SSSR count). The topological polar surface area (TPSA) is 79.6 Å². The van der Waals surface area contributed by atoms with Crippen LogP contribution in [-0.4, -0.2) is 24.9 Å². The van der Waals surface area contributed by atoms with Crippen molar-refractivity contribution in [2.75, 3.05) is 11.9 Å². The monoisotopic (exact) mass is 348 g/mol. The Balaban J connectivity index is 1.83. The number of hydrogen-bond acceptors (Lipinski definition) is 4. The summed E-state index contributed by atoms with van der Waals surface area (Å²) in [6.45, 7) is 0. The number of carbonyl (C=O) groups is 2. The fourth-order valence-corrected chi connectivity index (χ4v) is 3.34. The molecule has 1 N–H and O–H groups in total. The fourth-order valence-electron chi connectivity index (χ4n) is 3.34. The first-order valence-electron chi connectivity index (χ1n) is 8.26. The van der Waals surface area contributed by atoms with Gasteiger partial charge in [0, 0.05) is 25.2 Å². The van der Waals surface area contributed by atoms with E-state index in [4.69, 9.17) is 4.42 Å². The SMILES string of the molecule is CNC(=O)[C@H]1Cc2ccccc2N1C(=O)c1cc(=O)c2ccccc2o1. The Bertz CT molecular complexity index is 1090. The van der Waals surface area contributed by atoms with Crippen molar-refractivity contribution in [3.8, 4) is 0 Å². The third-order valence-corrected chi connectivity index (χ3v) is 4.59. The molecule has 3 aromatic rings. The molecule has 26 heavy (non-hydrogen) atoms. The molecule has 130 valence electrons. The van der Waals surface area contributed by atoms with E-state index >= 15 is 0 Å². The predicted octanol–water partition coefficient (Wildman–Crippen LogP) is 2.11. The van der Waals surface area contributed by atoms with Crippen LogP contribution in [0.2, 0.25) is 0 Å². The summed E-state index contributed by atoms with van der Waals surface area (Å²) in [5, 5.41) is 3.00. The summed E-state index contributed by atoms with van der Waals surface area (Å²) < 4.78 is 5.67. The predicted molar refractivity (Wildman–Crippen MR) is 97.3 cm³/mol. The van der Waals surface area contributed by atoms with E-state index in [0.717, 1.165) is 5.56 Å². The summed E-state index contributed by atoms with van der Waals surface area (Å²) in [6, 6.07) is 14.6. The molecule has 2 heterocycles. The number of nitrogens with zero attached hydrogens (tertiary/aromatic N) is 1. The maximum atomic E-state index is 13.1. The molecule has 2 amide bonds. The van der Waals surface area contributed by atoms with Crippen molar-refractivity contribution in [1.29, 1.82) is 0 Å². The molecule has 0 fully saturated rings. The lowest BCUT2D eigenvalue weighted by Crippen LogP contribution is -2.47. The minimum atomic E-state index is -0.679. The summed E-state index contributed by atoms with van der Waals surface area (Å²) in [7, 11) is 1.53. The molecule has 0 radical (unpaired) electrons. The number of hydrogen-bond donors (Lipinski definition) is 1. The first kappa shape index (κ1) is 16.1. The van der Waals surface area contributed by atoms with E-state index in [9.17, 15) is 14.4 Å². The number of rotatable bonds is 2. The van der Waals surface area contributed by atoms with E-state index in [1.165, 1.54) is 18.0 Å². The molecule has 1 aliphatic heterocycles. The minimum Gasteiger partial charge on any atom is -0.451 e. The van der Waals surface area contributed by atoms with Crippen molar-refractivity contribution >= 4 is 28.5 Å². The van der Waals surface area contributed by atoms with Gasteiger partial charge in [0.15, 0.2) is 11.2 Å². The second kappa shape index (κ2) is 6.15. The van der Waals surface area contributed by atoms with Gasteiger partial charge < -0.3 is 9.73 Å². The van der Waals surface area contributed by atoms with Crippen molar-refractivity contribution in [1.82, 2.24) is 5.32 Å². The van der Waals surface area contributed by atoms with Gasteiger partial charge in [-0.15, -0.1) is 0 Å². The van der Waals surface area contributed by atoms with Gasteiger partial charge in [-0.25, -0.2) is 0 Å². The average Bonchev–Trinajstić information content (AvgIpc) is 3.06. The number of anilines is 1. The fraction of sp³-hybridized carbons (Fsp3) is 0.150. The van der Waals surface area contributed by atoms with Gasteiger partial charge in [0.05, 0.1) is 5.39 Å². The van der Waals surface area contributed by atoms with Crippen LogP contribution in [0, 0.1) is 0 Å². The van der Waals surface area contributed by atoms with Gasteiger partial charge in [0.2, 0.25) is 5.91 Å². The number of likely N-dealkylation sites (N-methyl/N-ethyl adjacent to an activating group) is 1. The zero-order valence-corrected chi connectivity index (χ0v) is 14.1. The van der Waals surface area contributed by atoms with Crippen molar-refractivity contribution in [3.05, 3.63) is 76.1 Å². The van der Waals surface area contributed by atoms with Crippen molar-refractivity contribution < 1.29 is 14.0 Å². The van der Waals surface area contributed by atoms with Crippen LogP contribution in [0.5, 0.6) is 0 Å². The van der Waals surface area contributed by atoms with E-state index in [1.54, 1.807) is 30.3 Å². The Morgan fingerprint density at radius 2 is 1.85 bits per heavy atom. The average molecular weight is 348 g/mol. The second-order valence-electron chi connectivity index (χ2n) is 6.11. The molecule has 0 aliphatic carbocycles. The molecule has 1 aromatic heterocycles. The Hall–Kier alpha value is -3.41. The zero-order valence-electron chi connectivity index (χ0n) is 14.1. The third-order valence-electron chi connectivity index (χ3n) is 4.59. The van der Waals surface area contributed by atoms with Crippen molar-refractivity contribution in [2.45, 2.75) is 12.5 Å². The highest BCUT2D eigenvalue weighted by Crippen LogP contribution is 2.33. The highest BCUT2D eigenvalue weighted by Gasteiger charge is 2.39. The molecule has 0 saturated carbocycles. The lowest BCUT2D eigenvalue weighted by Gasteiger charge is -2.23. The molecular formula is C20H16N2O4. The maximum absolute atomic E-state index is 13.1. The molecule has 0 spiro atoms. The summed E-state index contributed by atoms with van der Waals surface area (Å²) in [5.41, 5.74) is 1.60. The molecule has 0 bridgehead atoms. The first-order chi connectivity index (χ1) is 12.6. The van der Waals surface area contributed by atoms with Gasteiger partial charge in [-0.3, -0.25) is 19.3 Å². The van der Waals surface area contributed by atoms with Crippen LogP contribution >= 0.6 is 0 Å². The highest BCUT2D eigenvalue weighted by atomic mass is 16.3. The Kier molecular flexibility index (Phi) is 3.80. The van der Waals surface area contributed by atoms with Gasteiger partial charge in [0.1, 0.15) is 11.6 Å². The lowest BCUT2D eigenvalue weighted by atomic mass is 10.1. The van der Waals surface area contributed by atoms with Gasteiger partial charge in [-0.2, -0.15) is 0 Å². The van der Waals surface area contributed by atoms with Gasteiger partial charge in [-0.05, 0) is 23.8 Å². The lowest BCUT2D eigenvalue weighted by molar-refractivity contribution is -0.121. The number of amides is 2. The zero-order chi connectivity index (χ0) is 18.3. The molecule has 0 unspecified atom stereocenters. The van der Waals surface area contributed by atoms with Crippen LogP contribution in [-0.2, 0) is 11.2 Å². The standard InChI is InChI=1S/C20H16N2O4/c1-21-19(24)15-10-12-6-2-4-8-14(12)22(15)20(25)18-11-16(23)13-7-3-5-9-17(13)26-18/h2-9,11,15H,10H2,1H3,(H,21,24)/t15-/m1/s1. The number of para-hydroxylation sites is 2. The van der Waals surface area contributed by atoms with Gasteiger partial charge in [-0.1, -0.05) is 30.3 Å². The van der Waals surface area contributed by atoms with E-state index in [-0.39, 0.29) is 17.1 Å². The Morgan fingerprint density at radius 1 is 1.12 bits per heavy atom. The molecular weight excluding hydrogens is 332 g/mol. The summed E-state index contributed by atoms with van der Waals surface area (Å²) >= 11 is 0. The number of nitrogens with one attached hydrogen (secondary N) is 1. The normalized spacial score (nSPS) is 15.7. The van der Waals surface area contributed by atoms with E-state index in [2.05, 4.69) is 5.32 Å². The van der Waals surface area contributed by atoms with Crippen LogP contribution < -0.4 is 15.6 Å². The van der Waals surface area contributed by atoms with Crippen LogP contribution in [0.15, 0.2) is 63.8 Å². The first-order valence-corrected chi connectivity index (χ1v) is 8.26. The molecule has 0 saturated heterocycles. The van der Waals surface area contributed by atoms with Crippen LogP contribution in [0.25, 0.3) is 11.0 Å². The molecule has 6 heteroatoms. The Morgan fingerprint density at radius 3 is 2.65 bits per heavy atom. The van der Waals surface area contributed by atoms with Gasteiger partial charge >= 0.3 is 0 Å². The molecule has 2 aromatic carbocycles. The number of fused-ring (bicyclic) bond motifs is 2. The minimum absolute atomic E-state index is 0.0840. The molecule has 6 nitrogen and oxygen atoms in total. The number of carbonyl (C=O) groups excluding carboxylic acids is 2.